The van der Waals surface area contributed by atoms with Gasteiger partial charge in [-0.25, -0.2) is 4.39 Å². The average molecular weight is 330 g/mol. The van der Waals surface area contributed by atoms with Crippen molar-refractivity contribution in [1.82, 2.24) is 5.32 Å². The van der Waals surface area contributed by atoms with Crippen LogP contribution in [0.25, 0.3) is 0 Å². The lowest BCUT2D eigenvalue weighted by Gasteiger charge is -2.11. The maximum atomic E-state index is 12.9. The molecule has 0 aliphatic rings. The summed E-state index contributed by atoms with van der Waals surface area (Å²) in [5.41, 5.74) is 1.63. The second kappa shape index (κ2) is 7.36. The number of hydrogen-bond acceptors (Lipinski definition) is 3. The summed E-state index contributed by atoms with van der Waals surface area (Å²) in [6, 6.07) is 9.67. The number of anilines is 1. The minimum atomic E-state index is -1.15. The first kappa shape index (κ1) is 17.1. The van der Waals surface area contributed by atoms with E-state index in [-0.39, 0.29) is 11.1 Å². The van der Waals surface area contributed by atoms with E-state index in [4.69, 9.17) is 5.11 Å². The van der Waals surface area contributed by atoms with Crippen molar-refractivity contribution in [1.29, 1.82) is 0 Å². The first-order valence-electron chi connectivity index (χ1n) is 7.04. The highest BCUT2D eigenvalue weighted by atomic mass is 19.1. The first-order chi connectivity index (χ1) is 11.4. The van der Waals surface area contributed by atoms with Gasteiger partial charge in [-0.1, -0.05) is 6.07 Å². The van der Waals surface area contributed by atoms with Crippen LogP contribution in [0.5, 0.6) is 0 Å². The van der Waals surface area contributed by atoms with E-state index in [0.717, 1.165) is 5.56 Å². The highest BCUT2D eigenvalue weighted by Gasteiger charge is 2.12. The van der Waals surface area contributed by atoms with Gasteiger partial charge in [0.25, 0.3) is 11.8 Å². The third-order valence-electron chi connectivity index (χ3n) is 3.25. The van der Waals surface area contributed by atoms with Crippen molar-refractivity contribution in [2.24, 2.45) is 0 Å². The summed E-state index contributed by atoms with van der Waals surface area (Å²) < 4.78 is 12.9. The van der Waals surface area contributed by atoms with Gasteiger partial charge in [0.2, 0.25) is 0 Å². The van der Waals surface area contributed by atoms with Gasteiger partial charge in [-0.05, 0) is 48.9 Å². The van der Waals surface area contributed by atoms with Crippen LogP contribution in [0.2, 0.25) is 0 Å². The predicted octanol–water partition coefficient (Wildman–Crippen LogP) is 2.20. The van der Waals surface area contributed by atoms with E-state index in [9.17, 15) is 18.8 Å². The van der Waals surface area contributed by atoms with Gasteiger partial charge in [0.05, 0.1) is 0 Å². The number of carbonyl (C=O) groups excluding carboxylic acids is 2. The number of rotatable bonds is 5. The van der Waals surface area contributed by atoms with Crippen LogP contribution in [0.15, 0.2) is 42.5 Å². The Balaban J connectivity index is 2.16. The summed E-state index contributed by atoms with van der Waals surface area (Å²) in [7, 11) is 0. The highest BCUT2D eigenvalue weighted by Crippen LogP contribution is 2.18. The quantitative estimate of drug-likeness (QED) is 0.783. The zero-order chi connectivity index (χ0) is 17.7. The third-order valence-corrected chi connectivity index (χ3v) is 3.25. The van der Waals surface area contributed by atoms with Gasteiger partial charge in [0, 0.05) is 16.8 Å². The topological polar surface area (TPSA) is 95.5 Å². The number of amides is 2. The second-order valence-corrected chi connectivity index (χ2v) is 5.07. The van der Waals surface area contributed by atoms with E-state index in [2.05, 4.69) is 10.6 Å². The number of aliphatic carboxylic acids is 1. The van der Waals surface area contributed by atoms with E-state index >= 15 is 0 Å². The zero-order valence-corrected chi connectivity index (χ0v) is 12.8. The number of benzene rings is 2. The number of carboxylic acid groups (broad SMARTS) is 1. The Hall–Kier alpha value is -3.22. The lowest BCUT2D eigenvalue weighted by atomic mass is 10.1. The van der Waals surface area contributed by atoms with E-state index in [0.29, 0.717) is 5.69 Å². The van der Waals surface area contributed by atoms with Crippen molar-refractivity contribution in [2.75, 3.05) is 11.9 Å². The number of carboxylic acids is 1. The fourth-order valence-corrected chi connectivity index (χ4v) is 1.95. The molecule has 0 saturated heterocycles. The van der Waals surface area contributed by atoms with Crippen molar-refractivity contribution in [2.45, 2.75) is 6.92 Å². The second-order valence-electron chi connectivity index (χ2n) is 5.07. The van der Waals surface area contributed by atoms with E-state index in [1.54, 1.807) is 13.0 Å². The van der Waals surface area contributed by atoms with E-state index in [1.807, 2.05) is 0 Å². The minimum Gasteiger partial charge on any atom is -0.480 e. The van der Waals surface area contributed by atoms with Crippen molar-refractivity contribution in [3.63, 3.8) is 0 Å². The molecule has 0 unspecified atom stereocenters. The van der Waals surface area contributed by atoms with Crippen molar-refractivity contribution in [3.05, 3.63) is 65.0 Å². The summed E-state index contributed by atoms with van der Waals surface area (Å²) in [5.74, 6) is -2.60. The Labute approximate surface area is 137 Å². The fraction of sp³-hybridized carbons (Fsp3) is 0.118. The molecule has 24 heavy (non-hydrogen) atoms. The molecule has 0 saturated carbocycles. The number of aryl methyl sites for hydroxylation is 1. The summed E-state index contributed by atoms with van der Waals surface area (Å²) >= 11 is 0. The monoisotopic (exact) mass is 330 g/mol. The number of carbonyl (C=O) groups is 3. The smallest absolute Gasteiger partial charge is 0.322 e. The van der Waals surface area contributed by atoms with E-state index in [1.165, 1.54) is 36.4 Å². The molecule has 2 amide bonds. The van der Waals surface area contributed by atoms with E-state index < -0.39 is 30.1 Å². The summed E-state index contributed by atoms with van der Waals surface area (Å²) in [6.45, 7) is 1.25. The fourth-order valence-electron chi connectivity index (χ4n) is 1.95. The normalized spacial score (nSPS) is 10.1. The maximum Gasteiger partial charge on any atom is 0.322 e. The average Bonchev–Trinajstić information content (AvgIpc) is 2.55. The number of halogens is 1. The molecular weight excluding hydrogens is 315 g/mol. The lowest BCUT2D eigenvalue weighted by molar-refractivity contribution is -0.135. The van der Waals surface area contributed by atoms with Crippen molar-refractivity contribution in [3.8, 4) is 0 Å². The van der Waals surface area contributed by atoms with Gasteiger partial charge in [-0.3, -0.25) is 14.4 Å². The zero-order valence-electron chi connectivity index (χ0n) is 12.8. The van der Waals surface area contributed by atoms with Gasteiger partial charge < -0.3 is 15.7 Å². The Morgan fingerprint density at radius 2 is 1.62 bits per heavy atom. The van der Waals surface area contributed by atoms with Crippen LogP contribution in [0, 0.1) is 12.7 Å². The summed E-state index contributed by atoms with van der Waals surface area (Å²) in [5, 5.41) is 13.5. The molecular formula is C17H15FN2O4. The minimum absolute atomic E-state index is 0.219. The Bertz CT molecular complexity index is 788. The molecule has 0 aliphatic heterocycles. The molecule has 0 radical (unpaired) electrons. The molecule has 0 atom stereocenters. The van der Waals surface area contributed by atoms with Crippen LogP contribution < -0.4 is 10.6 Å². The SMILES string of the molecule is Cc1ccc(C(=O)NCC(=O)O)cc1NC(=O)c1ccc(F)cc1. The molecule has 0 fully saturated rings. The lowest BCUT2D eigenvalue weighted by Crippen LogP contribution is -2.29. The van der Waals surface area contributed by atoms with Gasteiger partial charge in [-0.15, -0.1) is 0 Å². The van der Waals surface area contributed by atoms with Crippen LogP contribution in [-0.4, -0.2) is 29.4 Å². The van der Waals surface area contributed by atoms with Gasteiger partial charge in [-0.2, -0.15) is 0 Å². The third kappa shape index (κ3) is 4.39. The summed E-state index contributed by atoms with van der Waals surface area (Å²) in [6.07, 6.45) is 0. The van der Waals surface area contributed by atoms with Crippen LogP contribution in [0.3, 0.4) is 0 Å². The molecule has 3 N–H and O–H groups in total. The molecule has 2 aromatic carbocycles. The van der Waals surface area contributed by atoms with Crippen molar-refractivity contribution >= 4 is 23.5 Å². The molecule has 0 spiro atoms. The van der Waals surface area contributed by atoms with Crippen LogP contribution in [0.1, 0.15) is 26.3 Å². The van der Waals surface area contributed by atoms with Gasteiger partial charge in [0.1, 0.15) is 12.4 Å². The Morgan fingerprint density at radius 1 is 1.00 bits per heavy atom. The molecule has 2 aromatic rings. The standard InChI is InChI=1S/C17H15FN2O4/c1-10-2-3-12(16(23)19-9-15(21)22)8-14(10)20-17(24)11-4-6-13(18)7-5-11/h2-8H,9H2,1H3,(H,19,23)(H,20,24)(H,21,22). The maximum absolute atomic E-state index is 12.9. The van der Waals surface area contributed by atoms with Crippen LogP contribution in [0.4, 0.5) is 10.1 Å². The van der Waals surface area contributed by atoms with Gasteiger partial charge >= 0.3 is 5.97 Å². The molecule has 124 valence electrons. The van der Waals surface area contributed by atoms with Crippen LogP contribution in [-0.2, 0) is 4.79 Å². The molecule has 0 aliphatic carbocycles. The summed E-state index contributed by atoms with van der Waals surface area (Å²) in [4.78, 5) is 34.5. The highest BCUT2D eigenvalue weighted by molar-refractivity contribution is 6.05. The van der Waals surface area contributed by atoms with Crippen LogP contribution >= 0.6 is 0 Å². The van der Waals surface area contributed by atoms with Gasteiger partial charge in [0.15, 0.2) is 0 Å². The Kier molecular flexibility index (Phi) is 5.26. The first-order valence-corrected chi connectivity index (χ1v) is 7.04. The molecule has 6 nitrogen and oxygen atoms in total. The number of nitrogens with one attached hydrogen (secondary N) is 2. The molecule has 2 rings (SSSR count). The largest absolute Gasteiger partial charge is 0.480 e. The molecule has 0 bridgehead atoms. The number of hydrogen-bond donors (Lipinski definition) is 3. The molecule has 0 heterocycles. The Morgan fingerprint density at radius 3 is 2.25 bits per heavy atom. The molecule has 0 aromatic heterocycles. The predicted molar refractivity (Wildman–Crippen MR) is 85.5 cm³/mol. The molecule has 7 heteroatoms. The van der Waals surface area contributed by atoms with Crippen molar-refractivity contribution < 1.29 is 23.9 Å².